The van der Waals surface area contributed by atoms with E-state index in [0.717, 1.165) is 12.0 Å². The van der Waals surface area contributed by atoms with Crippen molar-refractivity contribution in [2.24, 2.45) is 11.3 Å². The average Bonchev–Trinajstić information content (AvgIpc) is 3.12. The zero-order valence-corrected chi connectivity index (χ0v) is 12.0. The van der Waals surface area contributed by atoms with E-state index in [1.54, 1.807) is 0 Å². The molecule has 0 spiro atoms. The highest BCUT2D eigenvalue weighted by atomic mass is 15.2. The Bertz CT molecular complexity index is 231. The van der Waals surface area contributed by atoms with Crippen LogP contribution in [-0.4, -0.2) is 37.1 Å². The molecule has 1 aliphatic heterocycles. The molecule has 0 aromatic rings. The summed E-state index contributed by atoms with van der Waals surface area (Å²) in [7, 11) is 0. The SMILES string of the molecule is CCC1(CC)CCN(CCNC(C)C2CC2)C1. The molecule has 17 heavy (non-hydrogen) atoms. The van der Waals surface area contributed by atoms with E-state index in [1.165, 1.54) is 58.3 Å². The van der Waals surface area contributed by atoms with Gasteiger partial charge in [0, 0.05) is 25.7 Å². The summed E-state index contributed by atoms with van der Waals surface area (Å²) in [6.45, 7) is 12.2. The summed E-state index contributed by atoms with van der Waals surface area (Å²) in [6, 6.07) is 0.750. The Labute approximate surface area is 107 Å². The van der Waals surface area contributed by atoms with E-state index < -0.39 is 0 Å². The summed E-state index contributed by atoms with van der Waals surface area (Å²) in [5, 5.41) is 3.69. The van der Waals surface area contributed by atoms with Gasteiger partial charge in [0.15, 0.2) is 0 Å². The topological polar surface area (TPSA) is 15.3 Å². The van der Waals surface area contributed by atoms with Crippen LogP contribution in [0.2, 0.25) is 0 Å². The van der Waals surface area contributed by atoms with Crippen LogP contribution < -0.4 is 5.32 Å². The Morgan fingerprint density at radius 2 is 2.00 bits per heavy atom. The molecular weight excluding hydrogens is 208 g/mol. The first kappa shape index (κ1) is 13.4. The van der Waals surface area contributed by atoms with Gasteiger partial charge in [0.25, 0.3) is 0 Å². The van der Waals surface area contributed by atoms with Crippen molar-refractivity contribution in [2.75, 3.05) is 26.2 Å². The van der Waals surface area contributed by atoms with Crippen molar-refractivity contribution in [2.45, 2.75) is 58.9 Å². The molecule has 100 valence electrons. The molecule has 1 atom stereocenters. The molecule has 1 heterocycles. The minimum Gasteiger partial charge on any atom is -0.313 e. The quantitative estimate of drug-likeness (QED) is 0.733. The van der Waals surface area contributed by atoms with Gasteiger partial charge in [-0.2, -0.15) is 0 Å². The van der Waals surface area contributed by atoms with Gasteiger partial charge in [0.1, 0.15) is 0 Å². The van der Waals surface area contributed by atoms with Crippen molar-refractivity contribution < 1.29 is 0 Å². The van der Waals surface area contributed by atoms with Crippen LogP contribution in [0.1, 0.15) is 52.9 Å². The monoisotopic (exact) mass is 238 g/mol. The smallest absolute Gasteiger partial charge is 0.0107 e. The van der Waals surface area contributed by atoms with Crippen LogP contribution in [0, 0.1) is 11.3 Å². The lowest BCUT2D eigenvalue weighted by atomic mass is 9.82. The van der Waals surface area contributed by atoms with Crippen LogP contribution in [0.25, 0.3) is 0 Å². The molecule has 0 radical (unpaired) electrons. The molecule has 2 fully saturated rings. The molecular formula is C15H30N2. The van der Waals surface area contributed by atoms with Crippen molar-refractivity contribution in [1.29, 1.82) is 0 Å². The summed E-state index contributed by atoms with van der Waals surface area (Å²) in [5.74, 6) is 0.985. The maximum Gasteiger partial charge on any atom is 0.0107 e. The molecule has 0 amide bonds. The summed E-state index contributed by atoms with van der Waals surface area (Å²) < 4.78 is 0. The van der Waals surface area contributed by atoms with Gasteiger partial charge >= 0.3 is 0 Å². The Hall–Kier alpha value is -0.0800. The predicted octanol–water partition coefficient (Wildman–Crippen LogP) is 2.89. The lowest BCUT2D eigenvalue weighted by molar-refractivity contribution is 0.238. The van der Waals surface area contributed by atoms with Gasteiger partial charge in [-0.05, 0) is 56.9 Å². The third-order valence-corrected chi connectivity index (χ3v) is 5.24. The minimum atomic E-state index is 0.641. The zero-order chi connectivity index (χ0) is 12.3. The van der Waals surface area contributed by atoms with Crippen LogP contribution >= 0.6 is 0 Å². The van der Waals surface area contributed by atoms with Crippen molar-refractivity contribution in [3.8, 4) is 0 Å². The van der Waals surface area contributed by atoms with Gasteiger partial charge in [0.2, 0.25) is 0 Å². The lowest BCUT2D eigenvalue weighted by Gasteiger charge is -2.26. The first-order chi connectivity index (χ1) is 8.19. The van der Waals surface area contributed by atoms with E-state index in [9.17, 15) is 0 Å². The van der Waals surface area contributed by atoms with Crippen molar-refractivity contribution in [3.63, 3.8) is 0 Å². The van der Waals surface area contributed by atoms with E-state index in [4.69, 9.17) is 0 Å². The second-order valence-corrected chi connectivity index (χ2v) is 6.31. The van der Waals surface area contributed by atoms with Gasteiger partial charge < -0.3 is 10.2 Å². The third kappa shape index (κ3) is 3.45. The zero-order valence-electron chi connectivity index (χ0n) is 12.0. The van der Waals surface area contributed by atoms with Gasteiger partial charge in [-0.25, -0.2) is 0 Å². The van der Waals surface area contributed by atoms with Crippen molar-refractivity contribution >= 4 is 0 Å². The number of nitrogens with one attached hydrogen (secondary N) is 1. The Morgan fingerprint density at radius 3 is 2.53 bits per heavy atom. The van der Waals surface area contributed by atoms with E-state index in [2.05, 4.69) is 31.0 Å². The highest BCUT2D eigenvalue weighted by Crippen LogP contribution is 2.36. The summed E-state index contributed by atoms with van der Waals surface area (Å²) in [6.07, 6.45) is 7.02. The Balaban J connectivity index is 1.63. The Kier molecular flexibility index (Phi) is 4.48. The van der Waals surface area contributed by atoms with Crippen LogP contribution in [0.4, 0.5) is 0 Å². The van der Waals surface area contributed by atoms with Crippen LogP contribution in [0.5, 0.6) is 0 Å². The molecule has 1 saturated heterocycles. The highest BCUT2D eigenvalue weighted by molar-refractivity contribution is 4.88. The molecule has 2 heteroatoms. The molecule has 1 unspecified atom stereocenters. The largest absolute Gasteiger partial charge is 0.313 e. The molecule has 2 rings (SSSR count). The molecule has 2 nitrogen and oxygen atoms in total. The van der Waals surface area contributed by atoms with Gasteiger partial charge in [-0.15, -0.1) is 0 Å². The van der Waals surface area contributed by atoms with E-state index >= 15 is 0 Å². The molecule has 0 aromatic carbocycles. The first-order valence-electron chi connectivity index (χ1n) is 7.65. The number of hydrogen-bond donors (Lipinski definition) is 1. The number of rotatable bonds is 7. The van der Waals surface area contributed by atoms with Crippen LogP contribution in [0.3, 0.4) is 0 Å². The fraction of sp³-hybridized carbons (Fsp3) is 1.00. The fourth-order valence-electron chi connectivity index (χ4n) is 3.26. The molecule has 0 bridgehead atoms. The summed E-state index contributed by atoms with van der Waals surface area (Å²) in [5.41, 5.74) is 0.641. The average molecular weight is 238 g/mol. The van der Waals surface area contributed by atoms with E-state index in [-0.39, 0.29) is 0 Å². The van der Waals surface area contributed by atoms with Crippen molar-refractivity contribution in [1.82, 2.24) is 10.2 Å². The fourth-order valence-corrected chi connectivity index (χ4v) is 3.26. The standard InChI is InChI=1S/C15H30N2/c1-4-15(5-2)8-10-17(12-15)11-9-16-13(3)14-6-7-14/h13-14,16H,4-12H2,1-3H3. The van der Waals surface area contributed by atoms with Crippen LogP contribution in [0.15, 0.2) is 0 Å². The van der Waals surface area contributed by atoms with Crippen LogP contribution in [-0.2, 0) is 0 Å². The first-order valence-corrected chi connectivity index (χ1v) is 7.65. The molecule has 1 aliphatic carbocycles. The second-order valence-electron chi connectivity index (χ2n) is 6.31. The minimum absolute atomic E-state index is 0.641. The maximum atomic E-state index is 3.69. The lowest BCUT2D eigenvalue weighted by Crippen LogP contribution is -2.36. The molecule has 2 aliphatic rings. The summed E-state index contributed by atoms with van der Waals surface area (Å²) >= 11 is 0. The molecule has 1 saturated carbocycles. The van der Waals surface area contributed by atoms with Crippen molar-refractivity contribution in [3.05, 3.63) is 0 Å². The molecule has 1 N–H and O–H groups in total. The molecule has 0 aromatic heterocycles. The normalized spacial score (nSPS) is 26.3. The summed E-state index contributed by atoms with van der Waals surface area (Å²) in [4.78, 5) is 2.67. The van der Waals surface area contributed by atoms with Gasteiger partial charge in [0.05, 0.1) is 0 Å². The maximum absolute atomic E-state index is 3.69. The third-order valence-electron chi connectivity index (χ3n) is 5.24. The van der Waals surface area contributed by atoms with Gasteiger partial charge in [-0.1, -0.05) is 13.8 Å². The van der Waals surface area contributed by atoms with E-state index in [1.807, 2.05) is 0 Å². The number of hydrogen-bond acceptors (Lipinski definition) is 2. The number of likely N-dealkylation sites (tertiary alicyclic amines) is 1. The predicted molar refractivity (Wildman–Crippen MR) is 74.3 cm³/mol. The second kappa shape index (κ2) is 5.71. The highest BCUT2D eigenvalue weighted by Gasteiger charge is 2.34. The van der Waals surface area contributed by atoms with Gasteiger partial charge in [-0.3, -0.25) is 0 Å². The number of nitrogens with zero attached hydrogens (tertiary/aromatic N) is 1. The van der Waals surface area contributed by atoms with E-state index in [0.29, 0.717) is 5.41 Å². The Morgan fingerprint density at radius 1 is 1.29 bits per heavy atom.